The number of para-hydroxylation sites is 1. The molecule has 1 aromatic carbocycles. The van der Waals surface area contributed by atoms with Gasteiger partial charge in [0.05, 0.1) is 0 Å². The van der Waals surface area contributed by atoms with E-state index in [9.17, 15) is 4.79 Å². The van der Waals surface area contributed by atoms with Crippen LogP contribution in [0.3, 0.4) is 0 Å². The summed E-state index contributed by atoms with van der Waals surface area (Å²) in [5.74, 6) is 2.03. The molecule has 1 atom stereocenters. The second-order valence-electron chi connectivity index (χ2n) is 6.91. The fourth-order valence-electron chi connectivity index (χ4n) is 3.33. The normalized spacial score (nSPS) is 16.9. The molecule has 7 heteroatoms. The van der Waals surface area contributed by atoms with Crippen molar-refractivity contribution in [1.82, 2.24) is 19.5 Å². The third kappa shape index (κ3) is 3.97. The van der Waals surface area contributed by atoms with Crippen molar-refractivity contribution in [3.8, 4) is 5.82 Å². The van der Waals surface area contributed by atoms with Crippen molar-refractivity contribution in [2.24, 2.45) is 5.92 Å². The lowest BCUT2D eigenvalue weighted by molar-refractivity contribution is 0.102. The van der Waals surface area contributed by atoms with Gasteiger partial charge >= 0.3 is 0 Å². The summed E-state index contributed by atoms with van der Waals surface area (Å²) in [4.78, 5) is 27.6. The van der Waals surface area contributed by atoms with E-state index in [1.807, 2.05) is 36.4 Å². The monoisotopic (exact) mass is 362 g/mol. The Morgan fingerprint density at radius 1 is 1.15 bits per heavy atom. The first-order valence-electron chi connectivity index (χ1n) is 9.17. The quantitative estimate of drug-likeness (QED) is 0.772. The summed E-state index contributed by atoms with van der Waals surface area (Å²) in [6.07, 6.45) is 7.28. The zero-order chi connectivity index (χ0) is 18.6. The molecule has 1 N–H and O–H groups in total. The first kappa shape index (κ1) is 17.2. The molecule has 1 amide bonds. The molecule has 0 bridgehead atoms. The molecule has 2 aromatic heterocycles. The van der Waals surface area contributed by atoms with Gasteiger partial charge in [-0.2, -0.15) is 0 Å². The number of nitrogens with zero attached hydrogens (tertiary/aromatic N) is 5. The highest BCUT2D eigenvalue weighted by Crippen LogP contribution is 2.22. The minimum absolute atomic E-state index is 0.251. The Morgan fingerprint density at radius 3 is 2.78 bits per heavy atom. The van der Waals surface area contributed by atoms with Gasteiger partial charge in [0, 0.05) is 31.0 Å². The molecule has 0 aliphatic carbocycles. The minimum atomic E-state index is -0.251. The summed E-state index contributed by atoms with van der Waals surface area (Å²) in [6.45, 7) is 4.28. The second-order valence-corrected chi connectivity index (χ2v) is 6.91. The van der Waals surface area contributed by atoms with Crippen LogP contribution >= 0.6 is 0 Å². The highest BCUT2D eigenvalue weighted by atomic mass is 16.1. The molecule has 1 aliphatic heterocycles. The molecule has 1 aliphatic rings. The lowest BCUT2D eigenvalue weighted by atomic mass is 10.0. The Hall–Kier alpha value is -3.22. The van der Waals surface area contributed by atoms with Crippen LogP contribution in [0.1, 0.15) is 30.3 Å². The smallest absolute Gasteiger partial charge is 0.275 e. The van der Waals surface area contributed by atoms with Crippen molar-refractivity contribution in [3.63, 3.8) is 0 Å². The molecule has 1 saturated heterocycles. The maximum Gasteiger partial charge on any atom is 0.275 e. The van der Waals surface area contributed by atoms with Crippen molar-refractivity contribution >= 4 is 17.4 Å². The van der Waals surface area contributed by atoms with E-state index in [0.717, 1.165) is 24.6 Å². The van der Waals surface area contributed by atoms with Gasteiger partial charge in [-0.3, -0.25) is 9.36 Å². The number of imidazole rings is 1. The maximum atomic E-state index is 12.4. The average molecular weight is 362 g/mol. The fraction of sp³-hybridized carbons (Fsp3) is 0.300. The van der Waals surface area contributed by atoms with E-state index >= 15 is 0 Å². The lowest BCUT2D eigenvalue weighted by Gasteiger charge is -2.31. The topological polar surface area (TPSA) is 75.9 Å². The summed E-state index contributed by atoms with van der Waals surface area (Å²) in [6, 6.07) is 11.3. The third-order valence-electron chi connectivity index (χ3n) is 4.73. The molecule has 138 valence electrons. The summed E-state index contributed by atoms with van der Waals surface area (Å²) in [7, 11) is 0. The molecule has 1 fully saturated rings. The third-order valence-corrected chi connectivity index (χ3v) is 4.73. The number of rotatable bonds is 4. The molecule has 0 saturated carbocycles. The average Bonchev–Trinajstić information content (AvgIpc) is 3.19. The van der Waals surface area contributed by atoms with Crippen LogP contribution in [-0.2, 0) is 0 Å². The number of anilines is 2. The van der Waals surface area contributed by atoms with E-state index < -0.39 is 0 Å². The molecule has 0 radical (unpaired) electrons. The Balaban J connectivity index is 1.51. The highest BCUT2D eigenvalue weighted by molar-refractivity contribution is 6.02. The van der Waals surface area contributed by atoms with Gasteiger partial charge in [0.15, 0.2) is 0 Å². The maximum absolute atomic E-state index is 12.4. The van der Waals surface area contributed by atoms with Gasteiger partial charge < -0.3 is 10.2 Å². The van der Waals surface area contributed by atoms with Crippen LogP contribution in [0.15, 0.2) is 55.2 Å². The molecule has 0 spiro atoms. The van der Waals surface area contributed by atoms with Crippen LogP contribution in [0.5, 0.6) is 0 Å². The van der Waals surface area contributed by atoms with Gasteiger partial charge in [-0.15, -0.1) is 0 Å². The van der Waals surface area contributed by atoms with E-state index in [1.54, 1.807) is 23.4 Å². The number of piperidine rings is 1. The van der Waals surface area contributed by atoms with E-state index in [-0.39, 0.29) is 5.91 Å². The number of amides is 1. The summed E-state index contributed by atoms with van der Waals surface area (Å²) < 4.78 is 1.75. The SMILES string of the molecule is C[C@@H]1CCCN(c2cc(-n3cnc(C(=O)Nc4ccccc4)c3)ncn2)C1. The van der Waals surface area contributed by atoms with Gasteiger partial charge in [-0.05, 0) is 30.9 Å². The zero-order valence-corrected chi connectivity index (χ0v) is 15.2. The van der Waals surface area contributed by atoms with E-state index in [2.05, 4.69) is 32.1 Å². The summed E-state index contributed by atoms with van der Waals surface area (Å²) in [5.41, 5.74) is 1.08. The molecular formula is C20H22N6O. The molecule has 4 rings (SSSR count). The summed E-state index contributed by atoms with van der Waals surface area (Å²) in [5, 5.41) is 2.84. The molecular weight excluding hydrogens is 340 g/mol. The molecule has 27 heavy (non-hydrogen) atoms. The van der Waals surface area contributed by atoms with Crippen molar-refractivity contribution in [2.75, 3.05) is 23.3 Å². The Morgan fingerprint density at radius 2 is 1.96 bits per heavy atom. The number of hydrogen-bond acceptors (Lipinski definition) is 5. The first-order valence-corrected chi connectivity index (χ1v) is 9.17. The predicted molar refractivity (Wildman–Crippen MR) is 104 cm³/mol. The largest absolute Gasteiger partial charge is 0.356 e. The van der Waals surface area contributed by atoms with Crippen LogP contribution in [0.25, 0.3) is 5.82 Å². The van der Waals surface area contributed by atoms with Crippen molar-refractivity contribution in [3.05, 3.63) is 60.9 Å². The number of hydrogen-bond donors (Lipinski definition) is 1. The number of carbonyl (C=O) groups excluding carboxylic acids is 1. The van der Waals surface area contributed by atoms with Crippen LogP contribution in [-0.4, -0.2) is 38.5 Å². The molecule has 3 heterocycles. The molecule has 0 unspecified atom stereocenters. The number of aromatic nitrogens is 4. The number of benzene rings is 1. The van der Waals surface area contributed by atoms with Crippen LogP contribution in [0, 0.1) is 5.92 Å². The van der Waals surface area contributed by atoms with Crippen molar-refractivity contribution < 1.29 is 4.79 Å². The highest BCUT2D eigenvalue weighted by Gasteiger charge is 2.18. The molecule has 3 aromatic rings. The molecule has 7 nitrogen and oxygen atoms in total. The van der Waals surface area contributed by atoms with Crippen LogP contribution < -0.4 is 10.2 Å². The van der Waals surface area contributed by atoms with Crippen molar-refractivity contribution in [2.45, 2.75) is 19.8 Å². The van der Waals surface area contributed by atoms with Gasteiger partial charge in [0.25, 0.3) is 5.91 Å². The first-order chi connectivity index (χ1) is 13.2. The Bertz CT molecular complexity index is 923. The lowest BCUT2D eigenvalue weighted by Crippen LogP contribution is -2.34. The Kier molecular flexibility index (Phi) is 4.82. The van der Waals surface area contributed by atoms with Gasteiger partial charge in [-0.25, -0.2) is 15.0 Å². The van der Waals surface area contributed by atoms with Crippen LogP contribution in [0.4, 0.5) is 11.5 Å². The predicted octanol–water partition coefficient (Wildman–Crippen LogP) is 3.15. The van der Waals surface area contributed by atoms with E-state index in [4.69, 9.17) is 0 Å². The van der Waals surface area contributed by atoms with Crippen LogP contribution in [0.2, 0.25) is 0 Å². The second kappa shape index (κ2) is 7.57. The summed E-state index contributed by atoms with van der Waals surface area (Å²) >= 11 is 0. The zero-order valence-electron chi connectivity index (χ0n) is 15.2. The van der Waals surface area contributed by atoms with Gasteiger partial charge in [0.1, 0.15) is 30.0 Å². The van der Waals surface area contributed by atoms with Crippen molar-refractivity contribution in [1.29, 1.82) is 0 Å². The van der Waals surface area contributed by atoms with Gasteiger partial charge in [0.2, 0.25) is 0 Å². The van der Waals surface area contributed by atoms with Gasteiger partial charge in [-0.1, -0.05) is 25.1 Å². The minimum Gasteiger partial charge on any atom is -0.356 e. The Labute approximate surface area is 158 Å². The fourth-order valence-corrected chi connectivity index (χ4v) is 3.33. The van der Waals surface area contributed by atoms with E-state index in [1.165, 1.54) is 12.8 Å². The van der Waals surface area contributed by atoms with E-state index in [0.29, 0.717) is 17.4 Å². The number of nitrogens with one attached hydrogen (secondary N) is 1. The number of carbonyl (C=O) groups is 1. The standard InChI is InChI=1S/C20H22N6O/c1-15-6-5-9-25(11-15)18-10-19(22-13-21-18)26-12-17(23-14-26)20(27)24-16-7-3-2-4-8-16/h2-4,7-8,10,12-15H,5-6,9,11H2,1H3,(H,24,27)/t15-/m1/s1.